The van der Waals surface area contributed by atoms with E-state index in [-0.39, 0.29) is 17.9 Å². The first-order valence-electron chi connectivity index (χ1n) is 12.8. The third-order valence-corrected chi connectivity index (χ3v) is 7.38. The van der Waals surface area contributed by atoms with E-state index in [4.69, 9.17) is 16.3 Å². The topological polar surface area (TPSA) is 53.0 Å². The molecule has 1 heterocycles. The average molecular weight is 501 g/mol. The van der Waals surface area contributed by atoms with Crippen LogP contribution in [-0.2, 0) is 11.3 Å². The van der Waals surface area contributed by atoms with Crippen LogP contribution in [0.4, 0.5) is 0 Å². The van der Waals surface area contributed by atoms with Gasteiger partial charge in [-0.05, 0) is 68.0 Å². The molecule has 0 bridgehead atoms. The van der Waals surface area contributed by atoms with Crippen LogP contribution in [0.15, 0.2) is 42.5 Å². The van der Waals surface area contributed by atoms with Gasteiger partial charge in [-0.25, -0.2) is 0 Å². The normalized spacial score (nSPS) is 18.6. The van der Waals surface area contributed by atoms with Crippen molar-refractivity contribution in [1.29, 1.82) is 0 Å². The molecule has 1 fully saturated rings. The number of halogens is 1. The summed E-state index contributed by atoms with van der Waals surface area (Å²) in [5.41, 5.74) is 2.77. The second kappa shape index (κ2) is 12.8. The molecule has 6 heteroatoms. The molecule has 0 radical (unpaired) electrons. The summed E-state index contributed by atoms with van der Waals surface area (Å²) in [6.45, 7) is 12.6. The standard InChI is InChI=1S/C29H41ClN2O3/c1-22(2)18-31-12-8-11-29(20-31,21-35-26-15-23(3)28(30)24(4)16-26)17-27(34)32(13-14-33)19-25-9-6-5-7-10-25/h5-7,9-10,15-16,22,33H,8,11-14,17-21H2,1-4H3. The van der Waals surface area contributed by atoms with Crippen LogP contribution in [-0.4, -0.2) is 60.2 Å². The van der Waals surface area contributed by atoms with Crippen molar-refractivity contribution >= 4 is 17.5 Å². The van der Waals surface area contributed by atoms with Gasteiger partial charge in [-0.15, -0.1) is 0 Å². The van der Waals surface area contributed by atoms with Crippen molar-refractivity contribution in [2.75, 3.05) is 39.4 Å². The predicted molar refractivity (Wildman–Crippen MR) is 143 cm³/mol. The summed E-state index contributed by atoms with van der Waals surface area (Å²) in [6.07, 6.45) is 2.39. The molecule has 0 saturated carbocycles. The maximum Gasteiger partial charge on any atom is 0.223 e. The van der Waals surface area contributed by atoms with Crippen LogP contribution in [0.5, 0.6) is 5.75 Å². The van der Waals surface area contributed by atoms with Crippen LogP contribution in [0.2, 0.25) is 5.02 Å². The van der Waals surface area contributed by atoms with Crippen LogP contribution in [0.1, 0.15) is 49.8 Å². The number of nitrogens with zero attached hydrogens (tertiary/aromatic N) is 2. The van der Waals surface area contributed by atoms with Gasteiger partial charge >= 0.3 is 0 Å². The number of ether oxygens (including phenoxy) is 1. The number of amides is 1. The molecule has 192 valence electrons. The molecular weight excluding hydrogens is 460 g/mol. The Hall–Kier alpha value is -2.08. The fourth-order valence-corrected chi connectivity index (χ4v) is 5.28. The Morgan fingerprint density at radius 3 is 2.51 bits per heavy atom. The van der Waals surface area contributed by atoms with Crippen molar-refractivity contribution in [3.05, 3.63) is 64.2 Å². The van der Waals surface area contributed by atoms with Crippen molar-refractivity contribution in [1.82, 2.24) is 9.80 Å². The molecule has 0 aliphatic carbocycles. The van der Waals surface area contributed by atoms with Crippen molar-refractivity contribution in [3.63, 3.8) is 0 Å². The smallest absolute Gasteiger partial charge is 0.223 e. The molecule has 1 atom stereocenters. The van der Waals surface area contributed by atoms with E-state index in [1.165, 1.54) is 0 Å². The first kappa shape index (κ1) is 27.5. The van der Waals surface area contributed by atoms with E-state index in [1.807, 2.05) is 56.3 Å². The Morgan fingerprint density at radius 1 is 1.20 bits per heavy atom. The molecular formula is C29H41ClN2O3. The third-order valence-electron chi connectivity index (χ3n) is 6.78. The Labute approximate surface area is 216 Å². The molecule has 3 rings (SSSR count). The van der Waals surface area contributed by atoms with Gasteiger partial charge < -0.3 is 19.6 Å². The summed E-state index contributed by atoms with van der Waals surface area (Å²) < 4.78 is 6.37. The van der Waals surface area contributed by atoms with E-state index in [9.17, 15) is 9.90 Å². The minimum atomic E-state index is -0.282. The fraction of sp³-hybridized carbons (Fsp3) is 0.552. The number of aliphatic hydroxyl groups is 1. The molecule has 2 aromatic rings. The van der Waals surface area contributed by atoms with Crippen molar-refractivity contribution in [3.8, 4) is 5.75 Å². The zero-order chi connectivity index (χ0) is 25.4. The number of carbonyl (C=O) groups is 1. The summed E-state index contributed by atoms with van der Waals surface area (Å²) >= 11 is 6.36. The second-order valence-corrected chi connectivity index (χ2v) is 11.0. The molecule has 0 aromatic heterocycles. The van der Waals surface area contributed by atoms with E-state index in [1.54, 1.807) is 4.90 Å². The number of aliphatic hydroxyl groups excluding tert-OH is 1. The quantitative estimate of drug-likeness (QED) is 0.443. The zero-order valence-corrected chi connectivity index (χ0v) is 22.5. The van der Waals surface area contributed by atoms with Gasteiger partial charge in [0, 0.05) is 43.0 Å². The van der Waals surface area contributed by atoms with E-state index in [0.29, 0.717) is 32.0 Å². The molecule has 1 N–H and O–H groups in total. The summed E-state index contributed by atoms with van der Waals surface area (Å²) in [5, 5.41) is 10.4. The highest BCUT2D eigenvalue weighted by molar-refractivity contribution is 6.32. The van der Waals surface area contributed by atoms with Crippen LogP contribution in [0.25, 0.3) is 0 Å². The van der Waals surface area contributed by atoms with Crippen LogP contribution in [0.3, 0.4) is 0 Å². The van der Waals surface area contributed by atoms with Gasteiger partial charge in [-0.1, -0.05) is 55.8 Å². The monoisotopic (exact) mass is 500 g/mol. The zero-order valence-electron chi connectivity index (χ0n) is 21.7. The molecule has 5 nitrogen and oxygen atoms in total. The van der Waals surface area contributed by atoms with Crippen molar-refractivity contribution in [2.24, 2.45) is 11.3 Å². The molecule has 35 heavy (non-hydrogen) atoms. The third kappa shape index (κ3) is 7.96. The number of hydrogen-bond acceptors (Lipinski definition) is 4. The number of carbonyl (C=O) groups excluding carboxylic acids is 1. The lowest BCUT2D eigenvalue weighted by molar-refractivity contribution is -0.137. The van der Waals surface area contributed by atoms with Crippen LogP contribution < -0.4 is 4.74 Å². The summed E-state index contributed by atoms with van der Waals surface area (Å²) in [7, 11) is 0. The fourth-order valence-electron chi connectivity index (χ4n) is 5.17. The Kier molecular flexibility index (Phi) is 10.0. The van der Waals surface area contributed by atoms with Gasteiger partial charge in [0.25, 0.3) is 0 Å². The minimum absolute atomic E-state index is 0.0507. The van der Waals surface area contributed by atoms with Gasteiger partial charge in [0.05, 0.1) is 13.2 Å². The maximum atomic E-state index is 13.6. The number of piperidine rings is 1. The lowest BCUT2D eigenvalue weighted by Crippen LogP contribution is -2.50. The molecule has 1 unspecified atom stereocenters. The van der Waals surface area contributed by atoms with E-state index in [2.05, 4.69) is 18.7 Å². The Morgan fingerprint density at radius 2 is 1.89 bits per heavy atom. The van der Waals surface area contributed by atoms with Gasteiger partial charge in [0.2, 0.25) is 5.91 Å². The van der Waals surface area contributed by atoms with Gasteiger partial charge in [0.15, 0.2) is 0 Å². The average Bonchev–Trinajstić information content (AvgIpc) is 2.81. The highest BCUT2D eigenvalue weighted by Crippen LogP contribution is 2.36. The number of rotatable bonds is 11. The Bertz CT molecular complexity index is 943. The number of benzene rings is 2. The van der Waals surface area contributed by atoms with Crippen LogP contribution >= 0.6 is 11.6 Å². The Balaban J connectivity index is 1.80. The molecule has 1 aliphatic rings. The summed E-state index contributed by atoms with van der Waals surface area (Å²) in [6, 6.07) is 13.9. The van der Waals surface area contributed by atoms with Gasteiger partial charge in [-0.3, -0.25) is 4.79 Å². The lowest BCUT2D eigenvalue weighted by Gasteiger charge is -2.43. The van der Waals surface area contributed by atoms with Gasteiger partial charge in [0.1, 0.15) is 5.75 Å². The first-order valence-corrected chi connectivity index (χ1v) is 13.1. The molecule has 1 aliphatic heterocycles. The molecule has 1 saturated heterocycles. The number of likely N-dealkylation sites (tertiary alicyclic amines) is 1. The SMILES string of the molecule is Cc1cc(OCC2(CC(=O)N(CCO)Cc3ccccc3)CCCN(CC(C)C)C2)cc(C)c1Cl. The summed E-state index contributed by atoms with van der Waals surface area (Å²) in [4.78, 5) is 17.9. The van der Waals surface area contributed by atoms with E-state index in [0.717, 1.165) is 59.9 Å². The molecule has 1 amide bonds. The van der Waals surface area contributed by atoms with Crippen molar-refractivity contribution in [2.45, 2.75) is 53.5 Å². The van der Waals surface area contributed by atoms with Gasteiger partial charge in [-0.2, -0.15) is 0 Å². The van der Waals surface area contributed by atoms with Crippen LogP contribution in [0, 0.1) is 25.2 Å². The largest absolute Gasteiger partial charge is 0.493 e. The highest BCUT2D eigenvalue weighted by atomic mass is 35.5. The first-order chi connectivity index (χ1) is 16.7. The maximum absolute atomic E-state index is 13.6. The number of aryl methyl sites for hydroxylation is 2. The lowest BCUT2D eigenvalue weighted by atomic mass is 9.77. The van der Waals surface area contributed by atoms with E-state index < -0.39 is 0 Å². The summed E-state index contributed by atoms with van der Waals surface area (Å²) in [5.74, 6) is 1.43. The number of hydrogen-bond donors (Lipinski definition) is 1. The highest BCUT2D eigenvalue weighted by Gasteiger charge is 2.39. The predicted octanol–water partition coefficient (Wildman–Crippen LogP) is 5.49. The van der Waals surface area contributed by atoms with E-state index >= 15 is 0 Å². The van der Waals surface area contributed by atoms with Crippen molar-refractivity contribution < 1.29 is 14.6 Å². The minimum Gasteiger partial charge on any atom is -0.493 e. The second-order valence-electron chi connectivity index (χ2n) is 10.6. The molecule has 0 spiro atoms. The molecule has 2 aromatic carbocycles.